The van der Waals surface area contributed by atoms with Gasteiger partial charge in [0.1, 0.15) is 0 Å². The van der Waals surface area contributed by atoms with Gasteiger partial charge in [-0.05, 0) is 49.9 Å². The van der Waals surface area contributed by atoms with Crippen LogP contribution in [-0.2, 0) is 9.59 Å². The Morgan fingerprint density at radius 3 is 2.41 bits per heavy atom. The number of likely N-dealkylation sites (tertiary alicyclic amines) is 1. The van der Waals surface area contributed by atoms with Crippen LogP contribution in [0.1, 0.15) is 58.3 Å². The molecule has 0 bridgehead atoms. The largest absolute Gasteiger partial charge is 0.378 e. The molecule has 1 heterocycles. The van der Waals surface area contributed by atoms with Crippen LogP contribution in [0.25, 0.3) is 0 Å². The molecular formula is C17H28N2O3. The molecule has 0 aromatic rings. The minimum absolute atomic E-state index is 0.0733. The second-order valence-corrected chi connectivity index (χ2v) is 7.60. The monoisotopic (exact) mass is 308 g/mol. The van der Waals surface area contributed by atoms with Crippen molar-refractivity contribution in [2.24, 2.45) is 11.3 Å². The predicted octanol–water partition coefficient (Wildman–Crippen LogP) is 1.45. The lowest BCUT2D eigenvalue weighted by Crippen LogP contribution is -2.60. The number of hydrogen-bond acceptors (Lipinski definition) is 3. The van der Waals surface area contributed by atoms with Crippen molar-refractivity contribution in [2.45, 2.75) is 63.9 Å². The summed E-state index contributed by atoms with van der Waals surface area (Å²) in [6.45, 7) is 2.95. The van der Waals surface area contributed by atoms with Gasteiger partial charge in [0.15, 0.2) is 5.60 Å². The van der Waals surface area contributed by atoms with Crippen LogP contribution in [0.15, 0.2) is 0 Å². The van der Waals surface area contributed by atoms with Crippen molar-refractivity contribution in [3.8, 4) is 0 Å². The van der Waals surface area contributed by atoms with Crippen LogP contribution in [0.5, 0.6) is 0 Å². The minimum Gasteiger partial charge on any atom is -0.378 e. The molecule has 2 amide bonds. The lowest BCUT2D eigenvalue weighted by molar-refractivity contribution is -0.151. The van der Waals surface area contributed by atoms with Crippen molar-refractivity contribution in [1.82, 2.24) is 10.2 Å². The average molecular weight is 308 g/mol. The Labute approximate surface area is 132 Å². The summed E-state index contributed by atoms with van der Waals surface area (Å²) in [6.07, 6.45) is 8.69. The van der Waals surface area contributed by atoms with Crippen LogP contribution in [-0.4, -0.2) is 47.1 Å². The first-order chi connectivity index (χ1) is 10.5. The van der Waals surface area contributed by atoms with Crippen LogP contribution < -0.4 is 5.32 Å². The van der Waals surface area contributed by atoms with E-state index in [1.807, 2.05) is 0 Å². The number of nitrogens with zero attached hydrogens (tertiary/aromatic N) is 1. The molecule has 3 aliphatic rings. The number of piperidine rings is 1. The quantitative estimate of drug-likeness (QED) is 0.826. The van der Waals surface area contributed by atoms with E-state index >= 15 is 0 Å². The number of carbonyl (C=O) groups excluding carboxylic acids is 2. The van der Waals surface area contributed by atoms with Crippen LogP contribution in [0, 0.1) is 11.3 Å². The maximum absolute atomic E-state index is 12.5. The Morgan fingerprint density at radius 1 is 1.18 bits per heavy atom. The Hall–Kier alpha value is -1.10. The van der Waals surface area contributed by atoms with Crippen LogP contribution in [0.2, 0.25) is 0 Å². The lowest BCUT2D eigenvalue weighted by Gasteiger charge is -2.52. The fourth-order valence-corrected chi connectivity index (χ4v) is 4.29. The first kappa shape index (κ1) is 15.8. The molecule has 2 saturated carbocycles. The molecular weight excluding hydrogens is 280 g/mol. The number of nitrogens with one attached hydrogen (secondary N) is 1. The molecule has 0 radical (unpaired) electrons. The average Bonchev–Trinajstić information content (AvgIpc) is 2.38. The van der Waals surface area contributed by atoms with Crippen LogP contribution in [0.3, 0.4) is 0 Å². The summed E-state index contributed by atoms with van der Waals surface area (Å²) >= 11 is 0. The lowest BCUT2D eigenvalue weighted by atomic mass is 9.55. The highest BCUT2D eigenvalue weighted by atomic mass is 16.3. The molecule has 0 spiro atoms. The maximum atomic E-state index is 12.5. The molecule has 2 aliphatic carbocycles. The molecule has 0 aromatic heterocycles. The van der Waals surface area contributed by atoms with Gasteiger partial charge in [0.25, 0.3) is 5.91 Å². The van der Waals surface area contributed by atoms with E-state index in [1.54, 1.807) is 4.90 Å². The van der Waals surface area contributed by atoms with Crippen molar-refractivity contribution in [1.29, 1.82) is 0 Å². The Morgan fingerprint density at radius 2 is 1.91 bits per heavy atom. The van der Waals surface area contributed by atoms with Crippen LogP contribution in [0.4, 0.5) is 0 Å². The van der Waals surface area contributed by atoms with E-state index in [2.05, 4.69) is 5.32 Å². The number of rotatable bonds is 4. The Balaban J connectivity index is 1.57. The van der Waals surface area contributed by atoms with Gasteiger partial charge < -0.3 is 15.3 Å². The van der Waals surface area contributed by atoms with Crippen molar-refractivity contribution in [3.63, 3.8) is 0 Å². The van der Waals surface area contributed by atoms with Gasteiger partial charge in [0.2, 0.25) is 5.91 Å². The molecule has 0 aromatic carbocycles. The highest BCUT2D eigenvalue weighted by molar-refractivity contribution is 5.86. The van der Waals surface area contributed by atoms with E-state index in [1.165, 1.54) is 45.4 Å². The zero-order valence-electron chi connectivity index (χ0n) is 13.6. The number of aliphatic hydroxyl groups is 1. The van der Waals surface area contributed by atoms with E-state index in [-0.39, 0.29) is 18.4 Å². The highest BCUT2D eigenvalue weighted by Gasteiger charge is 2.47. The summed E-state index contributed by atoms with van der Waals surface area (Å²) in [4.78, 5) is 25.6. The number of carbonyl (C=O) groups is 2. The van der Waals surface area contributed by atoms with Crippen molar-refractivity contribution in [3.05, 3.63) is 0 Å². The minimum atomic E-state index is -1.41. The van der Waals surface area contributed by atoms with Gasteiger partial charge in [-0.15, -0.1) is 0 Å². The standard InChI is InChI=1S/C17H28N2O3/c1-13(20)19-10-4-9-17(22,12-19)15(21)18-11-16(7-3-8-16)14-5-2-6-14/h14,22H,2-12H2,1H3,(H,18,21). The molecule has 3 rings (SSSR count). The summed E-state index contributed by atoms with van der Waals surface area (Å²) in [7, 11) is 0. The third-order valence-electron chi connectivity index (χ3n) is 6.26. The van der Waals surface area contributed by atoms with E-state index in [9.17, 15) is 14.7 Å². The van der Waals surface area contributed by atoms with Crippen molar-refractivity contribution in [2.75, 3.05) is 19.6 Å². The third kappa shape index (κ3) is 2.75. The summed E-state index contributed by atoms with van der Waals surface area (Å²) in [5.74, 6) is 0.399. The van der Waals surface area contributed by atoms with Gasteiger partial charge in [-0.2, -0.15) is 0 Å². The Bertz CT molecular complexity index is 457. The first-order valence-corrected chi connectivity index (χ1v) is 8.71. The topological polar surface area (TPSA) is 69.6 Å². The summed E-state index contributed by atoms with van der Waals surface area (Å²) in [5.41, 5.74) is -1.12. The number of amides is 2. The van der Waals surface area contributed by atoms with E-state index in [0.29, 0.717) is 31.3 Å². The van der Waals surface area contributed by atoms with Crippen LogP contribution >= 0.6 is 0 Å². The normalized spacial score (nSPS) is 31.1. The fraction of sp³-hybridized carbons (Fsp3) is 0.882. The molecule has 5 heteroatoms. The molecule has 22 heavy (non-hydrogen) atoms. The molecule has 1 saturated heterocycles. The SMILES string of the molecule is CC(=O)N1CCCC(O)(C(=O)NCC2(C3CCC3)CCC2)C1. The summed E-state index contributed by atoms with van der Waals surface area (Å²) in [6, 6.07) is 0. The molecule has 1 unspecified atom stereocenters. The van der Waals surface area contributed by atoms with Gasteiger partial charge in [-0.3, -0.25) is 9.59 Å². The molecule has 124 valence electrons. The fourth-order valence-electron chi connectivity index (χ4n) is 4.29. The second kappa shape index (κ2) is 5.84. The smallest absolute Gasteiger partial charge is 0.253 e. The van der Waals surface area contributed by atoms with Gasteiger partial charge >= 0.3 is 0 Å². The molecule has 1 atom stereocenters. The predicted molar refractivity (Wildman–Crippen MR) is 83.1 cm³/mol. The van der Waals surface area contributed by atoms with E-state index < -0.39 is 5.60 Å². The van der Waals surface area contributed by atoms with E-state index in [0.717, 1.165) is 5.92 Å². The van der Waals surface area contributed by atoms with Gasteiger partial charge in [-0.1, -0.05) is 12.8 Å². The van der Waals surface area contributed by atoms with Gasteiger partial charge in [0, 0.05) is 20.0 Å². The second-order valence-electron chi connectivity index (χ2n) is 7.60. The number of β-amino-alcohol motifs (C(OH)–C–C–N with tert-alkyl or cyclic N) is 1. The Kier molecular flexibility index (Phi) is 4.19. The van der Waals surface area contributed by atoms with E-state index in [4.69, 9.17) is 0 Å². The van der Waals surface area contributed by atoms with Gasteiger partial charge in [0.05, 0.1) is 6.54 Å². The molecule has 5 nitrogen and oxygen atoms in total. The van der Waals surface area contributed by atoms with Crippen molar-refractivity contribution >= 4 is 11.8 Å². The molecule has 1 aliphatic heterocycles. The zero-order chi connectivity index (χ0) is 15.8. The van der Waals surface area contributed by atoms with Gasteiger partial charge in [-0.25, -0.2) is 0 Å². The zero-order valence-corrected chi connectivity index (χ0v) is 13.6. The molecule has 2 N–H and O–H groups in total. The number of hydrogen-bond donors (Lipinski definition) is 2. The highest BCUT2D eigenvalue weighted by Crippen LogP contribution is 2.53. The third-order valence-corrected chi connectivity index (χ3v) is 6.26. The molecule has 3 fully saturated rings. The van der Waals surface area contributed by atoms with Crippen molar-refractivity contribution < 1.29 is 14.7 Å². The summed E-state index contributed by atoms with van der Waals surface area (Å²) < 4.78 is 0. The summed E-state index contributed by atoms with van der Waals surface area (Å²) in [5, 5.41) is 13.7. The maximum Gasteiger partial charge on any atom is 0.253 e. The first-order valence-electron chi connectivity index (χ1n) is 8.71.